The number of carbonyl (C=O) groups excluding carboxylic acids is 2. The highest BCUT2D eigenvalue weighted by atomic mass is 16.5. The first-order valence-electron chi connectivity index (χ1n) is 6.73. The molecule has 2 heterocycles. The van der Waals surface area contributed by atoms with Gasteiger partial charge < -0.3 is 14.0 Å². The molecule has 0 aliphatic carbocycles. The van der Waals surface area contributed by atoms with Crippen molar-refractivity contribution in [2.45, 2.75) is 20.5 Å². The van der Waals surface area contributed by atoms with Gasteiger partial charge in [0.15, 0.2) is 0 Å². The molecule has 22 heavy (non-hydrogen) atoms. The van der Waals surface area contributed by atoms with Crippen LogP contribution in [0.25, 0.3) is 11.0 Å². The van der Waals surface area contributed by atoms with Crippen LogP contribution in [0.2, 0.25) is 0 Å². The van der Waals surface area contributed by atoms with Gasteiger partial charge in [0.2, 0.25) is 5.43 Å². The van der Waals surface area contributed by atoms with Crippen LogP contribution in [0.3, 0.4) is 0 Å². The molecule has 2 aromatic rings. The fraction of sp³-hybridized carbons (Fsp3) is 0.333. The van der Waals surface area contributed by atoms with Crippen LogP contribution in [0.4, 0.5) is 0 Å². The molecule has 0 aliphatic heterocycles. The van der Waals surface area contributed by atoms with E-state index in [4.69, 9.17) is 9.47 Å². The van der Waals surface area contributed by atoms with E-state index in [0.717, 1.165) is 0 Å². The first kappa shape index (κ1) is 15.7. The number of hydrogen-bond donors (Lipinski definition) is 0. The molecule has 0 aromatic carbocycles. The summed E-state index contributed by atoms with van der Waals surface area (Å²) in [6, 6.07) is 3.35. The third-order valence-corrected chi connectivity index (χ3v) is 3.01. The zero-order chi connectivity index (χ0) is 16.3. The van der Waals surface area contributed by atoms with Gasteiger partial charge in [0.1, 0.15) is 17.7 Å². The average Bonchev–Trinajstić information content (AvgIpc) is 2.48. The van der Waals surface area contributed by atoms with Crippen LogP contribution in [-0.2, 0) is 27.9 Å². The van der Waals surface area contributed by atoms with Crippen LogP contribution in [0.1, 0.15) is 29.9 Å². The molecule has 0 saturated carbocycles. The van der Waals surface area contributed by atoms with Crippen LogP contribution >= 0.6 is 0 Å². The number of carbonyl (C=O) groups is 2. The number of nitrogens with zero attached hydrogens (tertiary/aromatic N) is 2. The van der Waals surface area contributed by atoms with Crippen LogP contribution < -0.4 is 5.43 Å². The van der Waals surface area contributed by atoms with Gasteiger partial charge >= 0.3 is 11.9 Å². The molecule has 7 heteroatoms. The molecule has 0 N–H and O–H groups in total. The second-order valence-electron chi connectivity index (χ2n) is 4.65. The summed E-state index contributed by atoms with van der Waals surface area (Å²) >= 11 is 0. The summed E-state index contributed by atoms with van der Waals surface area (Å²) in [5.41, 5.74) is 0.563. The van der Waals surface area contributed by atoms with Crippen LogP contribution in [0.5, 0.6) is 0 Å². The van der Waals surface area contributed by atoms with Gasteiger partial charge in [-0.3, -0.25) is 9.59 Å². The van der Waals surface area contributed by atoms with Crippen molar-refractivity contribution < 1.29 is 19.1 Å². The van der Waals surface area contributed by atoms with E-state index in [2.05, 4.69) is 4.98 Å². The van der Waals surface area contributed by atoms with Gasteiger partial charge in [0.25, 0.3) is 0 Å². The SMILES string of the molecule is CCOC(=O)c1cn(C)c2ccc(COC(C)=O)nc2c1=O. The van der Waals surface area contributed by atoms with Gasteiger partial charge in [0, 0.05) is 20.2 Å². The minimum absolute atomic E-state index is 0.0297. The van der Waals surface area contributed by atoms with Crippen LogP contribution in [-0.4, -0.2) is 28.1 Å². The minimum Gasteiger partial charge on any atom is -0.462 e. The van der Waals surface area contributed by atoms with Gasteiger partial charge in [-0.2, -0.15) is 0 Å². The maximum atomic E-state index is 12.4. The largest absolute Gasteiger partial charge is 0.462 e. The Balaban J connectivity index is 2.54. The van der Waals surface area contributed by atoms with Crippen molar-refractivity contribution in [1.82, 2.24) is 9.55 Å². The number of esters is 2. The first-order valence-corrected chi connectivity index (χ1v) is 6.73. The Hall–Kier alpha value is -2.70. The zero-order valence-electron chi connectivity index (χ0n) is 12.6. The van der Waals surface area contributed by atoms with Crippen molar-refractivity contribution in [3.05, 3.63) is 39.8 Å². The molecule has 7 nitrogen and oxygen atoms in total. The Morgan fingerprint density at radius 1 is 1.27 bits per heavy atom. The highest BCUT2D eigenvalue weighted by Gasteiger charge is 2.16. The summed E-state index contributed by atoms with van der Waals surface area (Å²) in [5, 5.41) is 0. The van der Waals surface area contributed by atoms with E-state index in [0.29, 0.717) is 11.2 Å². The molecule has 0 amide bonds. The van der Waals surface area contributed by atoms with Crippen molar-refractivity contribution in [3.63, 3.8) is 0 Å². The van der Waals surface area contributed by atoms with E-state index in [9.17, 15) is 14.4 Å². The molecular weight excluding hydrogens is 288 g/mol. The van der Waals surface area contributed by atoms with Crippen molar-refractivity contribution in [2.75, 3.05) is 6.61 Å². The molecule has 2 rings (SSSR count). The Kier molecular flexibility index (Phi) is 4.55. The van der Waals surface area contributed by atoms with E-state index < -0.39 is 17.4 Å². The Bertz CT molecular complexity index is 794. The topological polar surface area (TPSA) is 87.5 Å². The number of hydrogen-bond acceptors (Lipinski definition) is 6. The normalized spacial score (nSPS) is 10.5. The first-order chi connectivity index (χ1) is 10.4. The Morgan fingerprint density at radius 2 is 2.00 bits per heavy atom. The summed E-state index contributed by atoms with van der Waals surface area (Å²) in [5.74, 6) is -1.12. The number of rotatable bonds is 4. The standard InChI is InChI=1S/C15H16N2O5/c1-4-21-15(20)11-7-17(3)12-6-5-10(8-22-9(2)18)16-13(12)14(11)19/h5-7H,4,8H2,1-3H3. The van der Waals surface area contributed by atoms with Crippen molar-refractivity contribution in [2.24, 2.45) is 7.05 Å². The molecule has 0 fully saturated rings. The molecule has 0 radical (unpaired) electrons. The third-order valence-electron chi connectivity index (χ3n) is 3.01. The van der Waals surface area contributed by atoms with E-state index >= 15 is 0 Å². The molecule has 0 spiro atoms. The molecule has 2 aromatic heterocycles. The molecule has 0 unspecified atom stereocenters. The molecule has 116 valence electrons. The second-order valence-corrected chi connectivity index (χ2v) is 4.65. The number of pyridine rings is 2. The van der Waals surface area contributed by atoms with E-state index in [1.54, 1.807) is 30.7 Å². The van der Waals surface area contributed by atoms with Gasteiger partial charge in [-0.1, -0.05) is 0 Å². The number of ether oxygens (including phenoxy) is 2. The Morgan fingerprint density at radius 3 is 2.64 bits per heavy atom. The monoisotopic (exact) mass is 304 g/mol. The molecule has 0 atom stereocenters. The molecule has 0 saturated heterocycles. The van der Waals surface area contributed by atoms with Gasteiger partial charge in [-0.05, 0) is 19.1 Å². The predicted molar refractivity (Wildman–Crippen MR) is 78.4 cm³/mol. The summed E-state index contributed by atoms with van der Waals surface area (Å²) in [6.45, 7) is 3.11. The van der Waals surface area contributed by atoms with Crippen LogP contribution in [0, 0.1) is 0 Å². The van der Waals surface area contributed by atoms with Gasteiger partial charge in [0.05, 0.1) is 17.8 Å². The van der Waals surface area contributed by atoms with E-state index in [1.165, 1.54) is 13.1 Å². The van der Waals surface area contributed by atoms with Crippen LogP contribution in [0.15, 0.2) is 23.1 Å². The van der Waals surface area contributed by atoms with E-state index in [-0.39, 0.29) is 24.3 Å². The molecular formula is C15H16N2O5. The summed E-state index contributed by atoms with van der Waals surface area (Å²) in [7, 11) is 1.71. The second kappa shape index (κ2) is 6.38. The number of aryl methyl sites for hydroxylation is 1. The number of fused-ring (bicyclic) bond motifs is 1. The average molecular weight is 304 g/mol. The number of aromatic nitrogens is 2. The van der Waals surface area contributed by atoms with Gasteiger partial charge in [-0.25, -0.2) is 9.78 Å². The van der Waals surface area contributed by atoms with E-state index in [1.807, 2.05) is 0 Å². The lowest BCUT2D eigenvalue weighted by Crippen LogP contribution is -2.21. The van der Waals surface area contributed by atoms with Crippen molar-refractivity contribution >= 4 is 23.0 Å². The van der Waals surface area contributed by atoms with Crippen molar-refractivity contribution in [1.29, 1.82) is 0 Å². The molecule has 0 bridgehead atoms. The lowest BCUT2D eigenvalue weighted by molar-refractivity contribution is -0.142. The minimum atomic E-state index is -0.683. The lowest BCUT2D eigenvalue weighted by atomic mass is 10.2. The highest BCUT2D eigenvalue weighted by Crippen LogP contribution is 2.11. The van der Waals surface area contributed by atoms with Gasteiger partial charge in [-0.15, -0.1) is 0 Å². The zero-order valence-corrected chi connectivity index (χ0v) is 12.6. The van der Waals surface area contributed by atoms with Crippen molar-refractivity contribution in [3.8, 4) is 0 Å². The summed E-state index contributed by atoms with van der Waals surface area (Å²) < 4.78 is 11.4. The summed E-state index contributed by atoms with van der Waals surface area (Å²) in [4.78, 5) is 39.3. The molecule has 0 aliphatic rings. The fourth-order valence-electron chi connectivity index (χ4n) is 2.00. The summed E-state index contributed by atoms with van der Waals surface area (Å²) in [6.07, 6.45) is 1.43. The lowest BCUT2D eigenvalue weighted by Gasteiger charge is -2.09. The maximum absolute atomic E-state index is 12.4. The quantitative estimate of drug-likeness (QED) is 0.788. The smallest absolute Gasteiger partial charge is 0.343 e. The third kappa shape index (κ3) is 3.13. The Labute approximate surface area is 126 Å². The predicted octanol–water partition coefficient (Wildman–Crippen LogP) is 1.17. The highest BCUT2D eigenvalue weighted by molar-refractivity contribution is 5.92. The fourth-order valence-corrected chi connectivity index (χ4v) is 2.00. The maximum Gasteiger partial charge on any atom is 0.343 e.